The Morgan fingerprint density at radius 2 is 1.90 bits per heavy atom. The summed E-state index contributed by atoms with van der Waals surface area (Å²) >= 11 is 3.45. The van der Waals surface area contributed by atoms with Crippen molar-refractivity contribution in [1.29, 1.82) is 0 Å². The molecule has 0 nitrogen and oxygen atoms in total. The van der Waals surface area contributed by atoms with Crippen LogP contribution in [0, 0.1) is 0 Å². The molecule has 0 aliphatic carbocycles. The fraction of sp³-hybridized carbons (Fsp3) is 0.111. The molecule has 0 fully saturated rings. The van der Waals surface area contributed by atoms with Crippen molar-refractivity contribution in [3.05, 3.63) is 42.0 Å². The van der Waals surface area contributed by atoms with E-state index in [9.17, 15) is 0 Å². The zero-order valence-electron chi connectivity index (χ0n) is 5.84. The molecule has 0 heterocycles. The molecular weight excluding hydrogens is 188 g/mol. The third kappa shape index (κ3) is 1.71. The number of allylic oxidation sites excluding steroid dienone is 1. The summed E-state index contributed by atoms with van der Waals surface area (Å²) in [5.74, 6) is 0. The number of benzene rings is 1. The van der Waals surface area contributed by atoms with E-state index in [4.69, 9.17) is 0 Å². The second-order valence-electron chi connectivity index (χ2n) is 2.00. The molecule has 1 aromatic rings. The van der Waals surface area contributed by atoms with E-state index in [1.807, 2.05) is 31.2 Å². The minimum atomic E-state index is 1.15. The number of halogens is 1. The lowest BCUT2D eigenvalue weighted by atomic mass is 10.2. The second-order valence-corrected chi connectivity index (χ2v) is 2.86. The van der Waals surface area contributed by atoms with Crippen LogP contribution >= 0.6 is 15.9 Å². The highest BCUT2D eigenvalue weighted by molar-refractivity contribution is 9.15. The van der Waals surface area contributed by atoms with Crippen LogP contribution in [0.25, 0.3) is 4.48 Å². The Kier molecular flexibility index (Phi) is 2.69. The van der Waals surface area contributed by atoms with E-state index in [1.165, 1.54) is 5.56 Å². The van der Waals surface area contributed by atoms with Crippen molar-refractivity contribution in [2.24, 2.45) is 0 Å². The normalized spacial score (nSPS) is 11.6. The molecule has 0 aliphatic rings. The van der Waals surface area contributed by atoms with Crippen molar-refractivity contribution in [3.63, 3.8) is 0 Å². The van der Waals surface area contributed by atoms with Crippen LogP contribution in [0.5, 0.6) is 0 Å². The Balaban J connectivity index is 2.96. The van der Waals surface area contributed by atoms with Crippen LogP contribution in [-0.4, -0.2) is 0 Å². The fourth-order valence-corrected chi connectivity index (χ4v) is 1.03. The molecule has 1 aromatic carbocycles. The lowest BCUT2D eigenvalue weighted by molar-refractivity contribution is 1.64. The standard InChI is InChI=1S/C9H9Br/c1-2-9(10)8-6-4-3-5-7-8/h2-7H,1H3/b9-2-. The molecule has 0 aromatic heterocycles. The van der Waals surface area contributed by atoms with Gasteiger partial charge in [-0.05, 0) is 12.5 Å². The first-order chi connectivity index (χ1) is 4.84. The highest BCUT2D eigenvalue weighted by Gasteiger charge is 1.90. The molecule has 0 saturated carbocycles. The van der Waals surface area contributed by atoms with Crippen molar-refractivity contribution in [1.82, 2.24) is 0 Å². The van der Waals surface area contributed by atoms with Crippen LogP contribution in [0.15, 0.2) is 36.4 Å². The van der Waals surface area contributed by atoms with Crippen molar-refractivity contribution in [3.8, 4) is 0 Å². The monoisotopic (exact) mass is 196 g/mol. The minimum absolute atomic E-state index is 1.15. The van der Waals surface area contributed by atoms with Crippen LogP contribution < -0.4 is 0 Å². The van der Waals surface area contributed by atoms with Gasteiger partial charge in [0.15, 0.2) is 0 Å². The smallest absolute Gasteiger partial charge is 0.0205 e. The van der Waals surface area contributed by atoms with Crippen LogP contribution in [0.1, 0.15) is 12.5 Å². The molecule has 0 amide bonds. The maximum atomic E-state index is 3.45. The molecular formula is C9H9Br. The van der Waals surface area contributed by atoms with Gasteiger partial charge in [-0.2, -0.15) is 0 Å². The van der Waals surface area contributed by atoms with Gasteiger partial charge >= 0.3 is 0 Å². The predicted molar refractivity (Wildman–Crippen MR) is 49.0 cm³/mol. The van der Waals surface area contributed by atoms with Gasteiger partial charge in [-0.25, -0.2) is 0 Å². The number of rotatable bonds is 1. The van der Waals surface area contributed by atoms with Gasteiger partial charge in [0.05, 0.1) is 0 Å². The topological polar surface area (TPSA) is 0 Å². The van der Waals surface area contributed by atoms with Crippen LogP contribution in [0.4, 0.5) is 0 Å². The lowest BCUT2D eigenvalue weighted by Crippen LogP contribution is -1.71. The van der Waals surface area contributed by atoms with Gasteiger partial charge in [-0.3, -0.25) is 0 Å². The highest BCUT2D eigenvalue weighted by Crippen LogP contribution is 2.19. The van der Waals surface area contributed by atoms with E-state index in [2.05, 4.69) is 28.1 Å². The Bertz CT molecular complexity index is 224. The second kappa shape index (κ2) is 3.57. The van der Waals surface area contributed by atoms with E-state index in [1.54, 1.807) is 0 Å². The summed E-state index contributed by atoms with van der Waals surface area (Å²) in [5.41, 5.74) is 1.23. The quantitative estimate of drug-likeness (QED) is 0.646. The van der Waals surface area contributed by atoms with Gasteiger partial charge < -0.3 is 0 Å². The first-order valence-electron chi connectivity index (χ1n) is 3.22. The summed E-state index contributed by atoms with van der Waals surface area (Å²) in [4.78, 5) is 0. The van der Waals surface area contributed by atoms with Gasteiger partial charge in [-0.15, -0.1) is 0 Å². The first kappa shape index (κ1) is 7.55. The van der Waals surface area contributed by atoms with Crippen LogP contribution in [-0.2, 0) is 0 Å². The lowest BCUT2D eigenvalue weighted by Gasteiger charge is -1.95. The SMILES string of the molecule is C/C=C(\Br)c1ccccc1. The van der Waals surface area contributed by atoms with Crippen LogP contribution in [0.3, 0.4) is 0 Å². The Morgan fingerprint density at radius 1 is 1.30 bits per heavy atom. The third-order valence-corrected chi connectivity index (χ3v) is 2.22. The molecule has 0 aliphatic heterocycles. The van der Waals surface area contributed by atoms with Gasteiger partial charge in [0.1, 0.15) is 0 Å². The van der Waals surface area contributed by atoms with Gasteiger partial charge in [0, 0.05) is 4.48 Å². The van der Waals surface area contributed by atoms with Gasteiger partial charge in [-0.1, -0.05) is 52.3 Å². The molecule has 0 saturated heterocycles. The van der Waals surface area contributed by atoms with Crippen molar-refractivity contribution in [2.45, 2.75) is 6.92 Å². The zero-order chi connectivity index (χ0) is 7.40. The summed E-state index contributed by atoms with van der Waals surface area (Å²) in [7, 11) is 0. The zero-order valence-corrected chi connectivity index (χ0v) is 7.43. The average molecular weight is 197 g/mol. The van der Waals surface area contributed by atoms with Crippen molar-refractivity contribution in [2.75, 3.05) is 0 Å². The van der Waals surface area contributed by atoms with Crippen molar-refractivity contribution < 1.29 is 0 Å². The van der Waals surface area contributed by atoms with E-state index >= 15 is 0 Å². The molecule has 0 radical (unpaired) electrons. The van der Waals surface area contributed by atoms with Gasteiger partial charge in [0.25, 0.3) is 0 Å². The van der Waals surface area contributed by atoms with E-state index in [0.717, 1.165) is 4.48 Å². The van der Waals surface area contributed by atoms with Gasteiger partial charge in [0.2, 0.25) is 0 Å². The van der Waals surface area contributed by atoms with E-state index in [0.29, 0.717) is 0 Å². The van der Waals surface area contributed by atoms with E-state index < -0.39 is 0 Å². The summed E-state index contributed by atoms with van der Waals surface area (Å²) in [5, 5.41) is 0. The highest BCUT2D eigenvalue weighted by atomic mass is 79.9. The maximum Gasteiger partial charge on any atom is 0.0205 e. The molecule has 0 N–H and O–H groups in total. The summed E-state index contributed by atoms with van der Waals surface area (Å²) in [6, 6.07) is 10.2. The molecule has 0 atom stereocenters. The minimum Gasteiger partial charge on any atom is -0.0728 e. The first-order valence-corrected chi connectivity index (χ1v) is 4.01. The maximum absolute atomic E-state index is 3.45. The number of hydrogen-bond acceptors (Lipinski definition) is 0. The predicted octanol–water partition coefficient (Wildman–Crippen LogP) is 3.44. The molecule has 10 heavy (non-hydrogen) atoms. The molecule has 52 valence electrons. The van der Waals surface area contributed by atoms with Crippen molar-refractivity contribution >= 4 is 20.4 Å². The summed E-state index contributed by atoms with van der Waals surface area (Å²) < 4.78 is 1.15. The molecule has 0 bridgehead atoms. The third-order valence-electron chi connectivity index (χ3n) is 1.30. The summed E-state index contributed by atoms with van der Waals surface area (Å²) in [6.07, 6.45) is 2.04. The largest absolute Gasteiger partial charge is 0.0728 e. The molecule has 0 unspecified atom stereocenters. The molecule has 0 spiro atoms. The average Bonchev–Trinajstić information content (AvgIpc) is 2.05. The Morgan fingerprint density at radius 3 is 2.40 bits per heavy atom. The molecule has 1 heteroatoms. The number of hydrogen-bond donors (Lipinski definition) is 0. The van der Waals surface area contributed by atoms with Crippen LogP contribution in [0.2, 0.25) is 0 Å². The van der Waals surface area contributed by atoms with E-state index in [-0.39, 0.29) is 0 Å². The Hall–Kier alpha value is -0.560. The molecule has 1 rings (SSSR count). The summed E-state index contributed by atoms with van der Waals surface area (Å²) in [6.45, 7) is 2.01. The Labute approximate surface area is 69.7 Å². The fourth-order valence-electron chi connectivity index (χ4n) is 0.764.